The molecule has 0 bridgehead atoms. The molecule has 2 rings (SSSR count). The Kier molecular flexibility index (Phi) is 5.32. The third-order valence-electron chi connectivity index (χ3n) is 3.55. The SMILES string of the molecule is FC(F)(F)C1CCCN(CCNc2cccc(Br)c2)C1. The van der Waals surface area contributed by atoms with Crippen LogP contribution >= 0.6 is 15.9 Å². The van der Waals surface area contributed by atoms with Crippen LogP contribution < -0.4 is 5.32 Å². The maximum absolute atomic E-state index is 12.7. The van der Waals surface area contributed by atoms with E-state index in [1.54, 1.807) is 0 Å². The molecule has 1 saturated heterocycles. The average molecular weight is 351 g/mol. The topological polar surface area (TPSA) is 15.3 Å². The molecule has 0 aromatic heterocycles. The summed E-state index contributed by atoms with van der Waals surface area (Å²) in [6.07, 6.45) is -3.17. The first-order valence-electron chi connectivity index (χ1n) is 6.73. The maximum atomic E-state index is 12.7. The minimum absolute atomic E-state index is 0.129. The van der Waals surface area contributed by atoms with Gasteiger partial charge in [0.25, 0.3) is 0 Å². The van der Waals surface area contributed by atoms with Gasteiger partial charge in [0, 0.05) is 29.8 Å². The van der Waals surface area contributed by atoms with Gasteiger partial charge < -0.3 is 10.2 Å². The van der Waals surface area contributed by atoms with Crippen LogP contribution in [0.3, 0.4) is 0 Å². The largest absolute Gasteiger partial charge is 0.393 e. The van der Waals surface area contributed by atoms with Crippen molar-refractivity contribution in [1.82, 2.24) is 4.90 Å². The Bertz CT molecular complexity index is 437. The van der Waals surface area contributed by atoms with Crippen molar-refractivity contribution in [2.24, 2.45) is 5.92 Å². The molecule has 1 atom stereocenters. The summed E-state index contributed by atoms with van der Waals surface area (Å²) >= 11 is 3.38. The summed E-state index contributed by atoms with van der Waals surface area (Å²) in [4.78, 5) is 1.90. The minimum Gasteiger partial charge on any atom is -0.384 e. The quantitative estimate of drug-likeness (QED) is 0.877. The summed E-state index contributed by atoms with van der Waals surface area (Å²) in [6, 6.07) is 7.75. The molecule has 1 fully saturated rings. The number of hydrogen-bond donors (Lipinski definition) is 1. The molecule has 1 heterocycles. The summed E-state index contributed by atoms with van der Waals surface area (Å²) < 4.78 is 39.1. The Morgan fingerprint density at radius 3 is 2.85 bits per heavy atom. The van der Waals surface area contributed by atoms with E-state index in [-0.39, 0.29) is 13.0 Å². The van der Waals surface area contributed by atoms with Gasteiger partial charge in [0.05, 0.1) is 5.92 Å². The number of rotatable bonds is 4. The summed E-state index contributed by atoms with van der Waals surface area (Å²) in [5.74, 6) is -1.16. The van der Waals surface area contributed by atoms with Gasteiger partial charge in [0.15, 0.2) is 0 Å². The Morgan fingerprint density at radius 2 is 2.15 bits per heavy atom. The van der Waals surface area contributed by atoms with Crippen molar-refractivity contribution >= 4 is 21.6 Å². The van der Waals surface area contributed by atoms with Gasteiger partial charge >= 0.3 is 6.18 Å². The molecule has 1 aromatic carbocycles. The molecule has 0 spiro atoms. The molecule has 0 radical (unpaired) electrons. The molecule has 20 heavy (non-hydrogen) atoms. The van der Waals surface area contributed by atoms with E-state index in [0.29, 0.717) is 19.5 Å². The van der Waals surface area contributed by atoms with Crippen LogP contribution in [0.25, 0.3) is 0 Å². The minimum atomic E-state index is -4.06. The van der Waals surface area contributed by atoms with Crippen LogP contribution in [0.5, 0.6) is 0 Å². The van der Waals surface area contributed by atoms with E-state index in [0.717, 1.165) is 16.7 Å². The third kappa shape index (κ3) is 4.66. The Labute approximate surface area is 125 Å². The van der Waals surface area contributed by atoms with E-state index in [1.165, 1.54) is 0 Å². The summed E-state index contributed by atoms with van der Waals surface area (Å²) in [6.45, 7) is 2.18. The van der Waals surface area contributed by atoms with Gasteiger partial charge in [-0.25, -0.2) is 0 Å². The number of alkyl halides is 3. The average Bonchev–Trinajstić information content (AvgIpc) is 2.38. The number of benzene rings is 1. The standard InChI is InChI=1S/C14H18BrF3N2/c15-12-4-1-5-13(9-12)19-6-8-20-7-2-3-11(10-20)14(16,17)18/h1,4-5,9,11,19H,2-3,6-8,10H2. The number of nitrogens with one attached hydrogen (secondary N) is 1. The van der Waals surface area contributed by atoms with Crippen molar-refractivity contribution in [3.63, 3.8) is 0 Å². The van der Waals surface area contributed by atoms with Gasteiger partial charge in [0.2, 0.25) is 0 Å². The Balaban J connectivity index is 1.76. The van der Waals surface area contributed by atoms with Gasteiger partial charge in [-0.3, -0.25) is 0 Å². The monoisotopic (exact) mass is 350 g/mol. The zero-order valence-electron chi connectivity index (χ0n) is 11.1. The smallest absolute Gasteiger partial charge is 0.384 e. The van der Waals surface area contributed by atoms with Crippen LogP contribution in [-0.4, -0.2) is 37.3 Å². The lowest BCUT2D eigenvalue weighted by atomic mass is 9.97. The summed E-state index contributed by atoms with van der Waals surface area (Å²) in [7, 11) is 0. The van der Waals surface area contributed by atoms with Crippen molar-refractivity contribution in [3.05, 3.63) is 28.7 Å². The van der Waals surface area contributed by atoms with E-state index >= 15 is 0 Å². The second kappa shape index (κ2) is 6.80. The fraction of sp³-hybridized carbons (Fsp3) is 0.571. The lowest BCUT2D eigenvalue weighted by Gasteiger charge is -2.33. The van der Waals surface area contributed by atoms with E-state index in [2.05, 4.69) is 21.2 Å². The Morgan fingerprint density at radius 1 is 1.35 bits per heavy atom. The third-order valence-corrected chi connectivity index (χ3v) is 4.04. The first kappa shape index (κ1) is 15.6. The van der Waals surface area contributed by atoms with Gasteiger partial charge in [-0.2, -0.15) is 13.2 Å². The number of piperidine rings is 1. The molecule has 2 nitrogen and oxygen atoms in total. The fourth-order valence-corrected chi connectivity index (χ4v) is 2.88. The normalized spacial score (nSPS) is 20.9. The highest BCUT2D eigenvalue weighted by Crippen LogP contribution is 2.32. The van der Waals surface area contributed by atoms with Gasteiger partial charge in [-0.15, -0.1) is 0 Å². The molecule has 0 aliphatic carbocycles. The van der Waals surface area contributed by atoms with Gasteiger partial charge in [-0.05, 0) is 37.6 Å². The molecular formula is C14H18BrF3N2. The summed E-state index contributed by atoms with van der Waals surface area (Å²) in [5.41, 5.74) is 0.976. The maximum Gasteiger partial charge on any atom is 0.393 e. The van der Waals surface area contributed by atoms with Gasteiger partial charge in [0.1, 0.15) is 0 Å². The van der Waals surface area contributed by atoms with Crippen LogP contribution in [0.4, 0.5) is 18.9 Å². The van der Waals surface area contributed by atoms with Crippen molar-refractivity contribution < 1.29 is 13.2 Å². The van der Waals surface area contributed by atoms with E-state index in [4.69, 9.17) is 0 Å². The molecule has 0 saturated carbocycles. The predicted molar refractivity (Wildman–Crippen MR) is 77.9 cm³/mol. The predicted octanol–water partition coefficient (Wildman–Crippen LogP) is 4.14. The molecule has 1 aliphatic heterocycles. The number of anilines is 1. The van der Waals surface area contributed by atoms with E-state index in [9.17, 15) is 13.2 Å². The number of hydrogen-bond acceptors (Lipinski definition) is 2. The highest BCUT2D eigenvalue weighted by Gasteiger charge is 2.41. The van der Waals surface area contributed by atoms with Crippen LogP contribution in [0.15, 0.2) is 28.7 Å². The molecule has 0 amide bonds. The molecular weight excluding hydrogens is 333 g/mol. The van der Waals surface area contributed by atoms with Crippen molar-refractivity contribution in [2.75, 3.05) is 31.5 Å². The molecule has 1 aliphatic rings. The molecule has 1 aromatic rings. The number of nitrogens with zero attached hydrogens (tertiary/aromatic N) is 1. The number of halogens is 4. The van der Waals surface area contributed by atoms with Crippen LogP contribution in [0.1, 0.15) is 12.8 Å². The van der Waals surface area contributed by atoms with Crippen molar-refractivity contribution in [1.29, 1.82) is 0 Å². The van der Waals surface area contributed by atoms with Gasteiger partial charge in [-0.1, -0.05) is 22.0 Å². The highest BCUT2D eigenvalue weighted by atomic mass is 79.9. The lowest BCUT2D eigenvalue weighted by molar-refractivity contribution is -0.186. The molecule has 1 N–H and O–H groups in total. The van der Waals surface area contributed by atoms with Crippen LogP contribution in [0, 0.1) is 5.92 Å². The second-order valence-corrected chi connectivity index (χ2v) is 6.03. The zero-order valence-corrected chi connectivity index (χ0v) is 12.7. The first-order chi connectivity index (χ1) is 9.45. The second-order valence-electron chi connectivity index (χ2n) is 5.12. The number of likely N-dealkylation sites (tertiary alicyclic amines) is 1. The van der Waals surface area contributed by atoms with E-state index < -0.39 is 12.1 Å². The van der Waals surface area contributed by atoms with E-state index in [1.807, 2.05) is 29.2 Å². The molecule has 1 unspecified atom stereocenters. The van der Waals surface area contributed by atoms with Crippen LogP contribution in [0.2, 0.25) is 0 Å². The lowest BCUT2D eigenvalue weighted by Crippen LogP contribution is -2.43. The molecule has 112 valence electrons. The fourth-order valence-electron chi connectivity index (χ4n) is 2.48. The van der Waals surface area contributed by atoms with Crippen LogP contribution in [-0.2, 0) is 0 Å². The highest BCUT2D eigenvalue weighted by molar-refractivity contribution is 9.10. The summed E-state index contributed by atoms with van der Waals surface area (Å²) in [5, 5.41) is 3.23. The van der Waals surface area contributed by atoms with Crippen molar-refractivity contribution in [2.45, 2.75) is 19.0 Å². The molecule has 6 heteroatoms. The Hall–Kier alpha value is -0.750. The zero-order chi connectivity index (χ0) is 14.6. The van der Waals surface area contributed by atoms with Crippen molar-refractivity contribution in [3.8, 4) is 0 Å². The first-order valence-corrected chi connectivity index (χ1v) is 7.53.